The van der Waals surface area contributed by atoms with Crippen LogP contribution in [0.15, 0.2) is 35.9 Å². The van der Waals surface area contributed by atoms with Gasteiger partial charge in [0.05, 0.1) is 0 Å². The second-order valence-corrected chi connectivity index (χ2v) is 8.43. The lowest BCUT2D eigenvalue weighted by atomic mass is 9.74. The summed E-state index contributed by atoms with van der Waals surface area (Å²) in [4.78, 5) is 28.4. The summed E-state index contributed by atoms with van der Waals surface area (Å²) in [7, 11) is -4.89. The Kier molecular flexibility index (Phi) is 7.12. The highest BCUT2D eigenvalue weighted by Crippen LogP contribution is 2.56. The Morgan fingerprint density at radius 1 is 1.38 bits per heavy atom. The molecule has 1 aromatic carbocycles. The van der Waals surface area contributed by atoms with Gasteiger partial charge in [0.25, 0.3) is 5.79 Å². The monoisotopic (exact) mass is 460 g/mol. The fraction of sp³-hybridized carbons (Fsp3) is 0.529. The third-order valence-corrected chi connectivity index (χ3v) is 5.21. The molecule has 0 aliphatic carbocycles. The van der Waals surface area contributed by atoms with Gasteiger partial charge < -0.3 is 9.26 Å². The highest BCUT2D eigenvalue weighted by Gasteiger charge is 2.67. The molecule has 1 aliphatic heterocycles. The Hall–Kier alpha value is -1.13. The average molecular weight is 461 g/mol. The van der Waals surface area contributed by atoms with Crippen LogP contribution in [0, 0.1) is 5.92 Å². The van der Waals surface area contributed by atoms with Crippen molar-refractivity contribution in [1.29, 1.82) is 0 Å². The van der Waals surface area contributed by atoms with Crippen molar-refractivity contribution >= 4 is 19.4 Å². The van der Waals surface area contributed by atoms with Crippen molar-refractivity contribution in [2.24, 2.45) is 5.92 Å². The number of allylic oxidation sites excluding steroid dienone is 1. The lowest BCUT2D eigenvalue weighted by molar-refractivity contribution is -0.629. The lowest BCUT2D eigenvalue weighted by Gasteiger charge is -2.57. The Morgan fingerprint density at radius 3 is 2.48 bits per heavy atom. The van der Waals surface area contributed by atoms with Gasteiger partial charge in [-0.3, -0.25) is 9.79 Å². The number of hydrogen-bond donors (Lipinski definition) is 2. The van der Waals surface area contributed by atoms with E-state index >= 15 is 0 Å². The van der Waals surface area contributed by atoms with Crippen LogP contribution in [0.2, 0.25) is 0 Å². The Balaban J connectivity index is 2.51. The summed E-state index contributed by atoms with van der Waals surface area (Å²) in [5.41, 5.74) is -1.38. The maximum absolute atomic E-state index is 12.9. The van der Waals surface area contributed by atoms with Crippen LogP contribution in [0.3, 0.4) is 0 Å². The third kappa shape index (κ3) is 5.52. The number of benzene rings is 1. The number of phosphoric acid groups is 1. The average Bonchev–Trinajstić information content (AvgIpc) is 2.56. The number of alkyl halides is 3. The fourth-order valence-corrected chi connectivity index (χ4v) is 3.82. The first-order chi connectivity index (χ1) is 13.2. The van der Waals surface area contributed by atoms with Crippen molar-refractivity contribution in [3.8, 4) is 5.75 Å². The van der Waals surface area contributed by atoms with Crippen molar-refractivity contribution in [2.45, 2.75) is 44.3 Å². The molecule has 1 heterocycles. The van der Waals surface area contributed by atoms with Gasteiger partial charge in [-0.05, 0) is 31.9 Å². The van der Waals surface area contributed by atoms with Gasteiger partial charge in [-0.1, -0.05) is 37.2 Å². The molecular weight excluding hydrogens is 440 g/mol. The molecule has 29 heavy (non-hydrogen) atoms. The van der Waals surface area contributed by atoms with E-state index in [0.717, 1.165) is 6.07 Å². The first-order valence-electron chi connectivity index (χ1n) is 8.49. The Morgan fingerprint density at radius 2 is 2.03 bits per heavy atom. The normalized spacial score (nSPS) is 25.9. The van der Waals surface area contributed by atoms with Crippen molar-refractivity contribution < 1.29 is 46.6 Å². The van der Waals surface area contributed by atoms with Crippen LogP contribution in [0.5, 0.6) is 5.75 Å². The number of phosphoric ester groups is 1. The molecule has 7 nitrogen and oxygen atoms in total. The lowest BCUT2D eigenvalue weighted by Crippen LogP contribution is -2.68. The summed E-state index contributed by atoms with van der Waals surface area (Å²) >= 11 is 5.91. The predicted molar refractivity (Wildman–Crippen MR) is 96.8 cm³/mol. The summed E-state index contributed by atoms with van der Waals surface area (Å²) in [5.74, 6) is -2.75. The molecule has 1 fully saturated rings. The molecule has 2 rings (SSSR count). The molecule has 12 heteroatoms. The van der Waals surface area contributed by atoms with E-state index in [1.807, 2.05) is 0 Å². The van der Waals surface area contributed by atoms with E-state index in [9.17, 15) is 17.7 Å². The topological polar surface area (TPSA) is 94.5 Å². The smallest absolute Gasteiger partial charge is 0.404 e. The summed E-state index contributed by atoms with van der Waals surface area (Å²) < 4.78 is 59.6. The van der Waals surface area contributed by atoms with E-state index in [2.05, 4.69) is 11.1 Å². The molecule has 1 saturated heterocycles. The second kappa shape index (κ2) is 8.55. The number of ether oxygens (including phenoxy) is 1. The van der Waals surface area contributed by atoms with Crippen LogP contribution in [0.1, 0.15) is 32.3 Å². The van der Waals surface area contributed by atoms with Crippen molar-refractivity contribution in [1.82, 2.24) is 0 Å². The first-order valence-corrected chi connectivity index (χ1v) is 10.4. The van der Waals surface area contributed by atoms with Gasteiger partial charge in [0.1, 0.15) is 12.4 Å². The molecule has 0 spiro atoms. The van der Waals surface area contributed by atoms with Gasteiger partial charge >= 0.3 is 14.0 Å². The highest BCUT2D eigenvalue weighted by atomic mass is 35.5. The number of rotatable bonds is 9. The minimum absolute atomic E-state index is 0.0279. The number of halogens is 4. The number of hydrogen-bond acceptors (Lipinski definition) is 5. The molecule has 1 aliphatic rings. The molecular formula is C17H21ClF3O7P. The summed E-state index contributed by atoms with van der Waals surface area (Å²) in [5, 5.41) is 0.275. The van der Waals surface area contributed by atoms with Gasteiger partial charge in [0.15, 0.2) is 5.60 Å². The van der Waals surface area contributed by atoms with Gasteiger partial charge in [-0.2, -0.15) is 18.1 Å². The molecule has 0 bridgehead atoms. The first kappa shape index (κ1) is 24.1. The van der Waals surface area contributed by atoms with Gasteiger partial charge in [-0.25, -0.2) is 9.45 Å². The van der Waals surface area contributed by atoms with E-state index in [1.165, 1.54) is 25.1 Å². The van der Waals surface area contributed by atoms with E-state index < -0.39 is 37.9 Å². The standard InChI is InChI=1S/C17H21ClF3O7P/c1-4-12(8-11(2)18)15(3)17(28-27-15,25-10-16(19,20)21)13-6-5-7-14(9-13)26-29(22,23)24/h5-7,9,12H,2,4,8,10H2,1,3H3,(H2,22,23,24). The zero-order valence-electron chi connectivity index (χ0n) is 15.6. The fourth-order valence-electron chi connectivity index (χ4n) is 3.25. The van der Waals surface area contributed by atoms with Crippen LogP contribution < -0.4 is 4.52 Å². The van der Waals surface area contributed by atoms with Crippen LogP contribution in [0.4, 0.5) is 13.2 Å². The van der Waals surface area contributed by atoms with Gasteiger partial charge in [0.2, 0.25) is 0 Å². The molecule has 3 atom stereocenters. The molecule has 0 amide bonds. The SMILES string of the molecule is C=C(Cl)CC(CC)C1(C)OOC1(OCC(F)(F)F)c1cccc(OP(=O)(O)O)c1. The summed E-state index contributed by atoms with van der Waals surface area (Å²) in [6.45, 7) is 5.27. The van der Waals surface area contributed by atoms with Gasteiger partial charge in [-0.15, -0.1) is 0 Å². The molecule has 0 saturated carbocycles. The Bertz CT molecular complexity index is 799. The predicted octanol–water partition coefficient (Wildman–Crippen LogP) is 4.78. The molecule has 2 N–H and O–H groups in total. The largest absolute Gasteiger partial charge is 0.524 e. The van der Waals surface area contributed by atoms with E-state index in [-0.39, 0.29) is 22.8 Å². The van der Waals surface area contributed by atoms with Crippen LogP contribution in [0.25, 0.3) is 0 Å². The molecule has 164 valence electrons. The maximum Gasteiger partial charge on any atom is 0.524 e. The maximum atomic E-state index is 12.9. The third-order valence-electron chi connectivity index (χ3n) is 4.60. The van der Waals surface area contributed by atoms with Crippen molar-refractivity contribution in [2.75, 3.05) is 6.61 Å². The molecule has 0 radical (unpaired) electrons. The second-order valence-electron chi connectivity index (χ2n) is 6.73. The van der Waals surface area contributed by atoms with E-state index in [0.29, 0.717) is 6.42 Å². The summed E-state index contributed by atoms with van der Waals surface area (Å²) in [6.07, 6.45) is -4.00. The minimum atomic E-state index is -4.89. The molecule has 3 unspecified atom stereocenters. The van der Waals surface area contributed by atoms with E-state index in [1.54, 1.807) is 6.92 Å². The minimum Gasteiger partial charge on any atom is -0.404 e. The zero-order chi connectivity index (χ0) is 22.1. The zero-order valence-corrected chi connectivity index (χ0v) is 17.3. The Labute approximate surface area is 170 Å². The highest BCUT2D eigenvalue weighted by molar-refractivity contribution is 7.46. The van der Waals surface area contributed by atoms with Crippen LogP contribution >= 0.6 is 19.4 Å². The van der Waals surface area contributed by atoms with Crippen molar-refractivity contribution in [3.05, 3.63) is 41.4 Å². The van der Waals surface area contributed by atoms with Gasteiger partial charge in [0, 0.05) is 16.5 Å². The van der Waals surface area contributed by atoms with Crippen LogP contribution in [-0.2, 0) is 24.9 Å². The van der Waals surface area contributed by atoms with Crippen LogP contribution in [-0.4, -0.2) is 28.2 Å². The summed E-state index contributed by atoms with van der Waals surface area (Å²) in [6, 6.07) is 5.07. The van der Waals surface area contributed by atoms with E-state index in [4.69, 9.17) is 35.9 Å². The molecule has 0 aromatic heterocycles. The van der Waals surface area contributed by atoms with Crippen molar-refractivity contribution in [3.63, 3.8) is 0 Å². The molecule has 1 aromatic rings. The quantitative estimate of drug-likeness (QED) is 0.404.